The molecule has 0 fully saturated rings. The van der Waals surface area contributed by atoms with Gasteiger partial charge in [-0.25, -0.2) is 0 Å². The van der Waals surface area contributed by atoms with Gasteiger partial charge in [0.2, 0.25) is 0 Å². The summed E-state index contributed by atoms with van der Waals surface area (Å²) < 4.78 is 12.8. The molecule has 3 aromatic rings. The highest BCUT2D eigenvalue weighted by Gasteiger charge is 2.05. The summed E-state index contributed by atoms with van der Waals surface area (Å²) in [5.41, 5.74) is 1.79. The maximum Gasteiger partial charge on any atom is 0.195 e. The summed E-state index contributed by atoms with van der Waals surface area (Å²) in [5, 5.41) is 15.1. The lowest BCUT2D eigenvalue weighted by Gasteiger charge is -2.13. The number of aliphatic imine (C=N–C) groups is 1. The minimum absolute atomic E-state index is 0.627. The number of fused-ring (bicyclic) bond motifs is 1. The molecule has 2 N–H and O–H groups in total. The second kappa shape index (κ2) is 11.0. The van der Waals surface area contributed by atoms with Crippen molar-refractivity contribution in [2.75, 3.05) is 39.2 Å². The number of hydrogen-bond donors (Lipinski definition) is 2. The quantitative estimate of drug-likeness (QED) is 0.311. The minimum atomic E-state index is 0.627. The molecule has 0 bridgehead atoms. The van der Waals surface area contributed by atoms with E-state index in [0.29, 0.717) is 19.2 Å². The zero-order valence-corrected chi connectivity index (χ0v) is 17.0. The molecule has 0 aliphatic carbocycles. The van der Waals surface area contributed by atoms with Gasteiger partial charge in [0.1, 0.15) is 11.6 Å². The number of hydrogen-bond acceptors (Lipinski definition) is 5. The van der Waals surface area contributed by atoms with Crippen molar-refractivity contribution in [1.29, 1.82) is 0 Å². The number of methoxy groups -OCH3 is 1. The predicted molar refractivity (Wildman–Crippen MR) is 115 cm³/mol. The van der Waals surface area contributed by atoms with E-state index < -0.39 is 0 Å². The lowest BCUT2D eigenvalue weighted by Crippen LogP contribution is -2.31. The molecule has 0 saturated heterocycles. The standard InChI is InChI=1S/C21H28N6O2/c1-22-21(24-17-8-5-9-18(16-17)29-15-7-14-28-2)23-12-6-11-20-26-25-19-10-3-4-13-27(19)20/h3-5,8-10,13,16H,6-7,11-12,14-15H2,1-2H3,(H2,22,23,24). The lowest BCUT2D eigenvalue weighted by atomic mass is 10.3. The Morgan fingerprint density at radius 2 is 2.03 bits per heavy atom. The van der Waals surface area contributed by atoms with E-state index in [1.54, 1.807) is 14.2 Å². The summed E-state index contributed by atoms with van der Waals surface area (Å²) in [5.74, 6) is 2.50. The van der Waals surface area contributed by atoms with Gasteiger partial charge in [-0.1, -0.05) is 12.1 Å². The number of aromatic nitrogens is 3. The van der Waals surface area contributed by atoms with Crippen LogP contribution in [-0.4, -0.2) is 54.5 Å². The Bertz CT molecular complexity index is 924. The van der Waals surface area contributed by atoms with Crippen molar-refractivity contribution in [1.82, 2.24) is 19.9 Å². The molecule has 0 aliphatic rings. The third kappa shape index (κ3) is 6.18. The van der Waals surface area contributed by atoms with Crippen molar-refractivity contribution in [2.24, 2.45) is 4.99 Å². The average molecular weight is 396 g/mol. The Hall–Kier alpha value is -3.13. The number of nitrogens with zero attached hydrogens (tertiary/aromatic N) is 4. The molecule has 154 valence electrons. The lowest BCUT2D eigenvalue weighted by molar-refractivity contribution is 0.172. The summed E-state index contributed by atoms with van der Waals surface area (Å²) >= 11 is 0. The molecule has 8 heteroatoms. The van der Waals surface area contributed by atoms with Crippen molar-refractivity contribution in [2.45, 2.75) is 19.3 Å². The summed E-state index contributed by atoms with van der Waals surface area (Å²) in [6.45, 7) is 2.09. The summed E-state index contributed by atoms with van der Waals surface area (Å²) in [7, 11) is 3.45. The first-order valence-electron chi connectivity index (χ1n) is 9.78. The van der Waals surface area contributed by atoms with Crippen LogP contribution in [0.25, 0.3) is 5.65 Å². The highest BCUT2D eigenvalue weighted by molar-refractivity contribution is 5.93. The first kappa shape index (κ1) is 20.6. The smallest absolute Gasteiger partial charge is 0.195 e. The Labute approximate surface area is 171 Å². The van der Waals surface area contributed by atoms with Crippen LogP contribution < -0.4 is 15.4 Å². The van der Waals surface area contributed by atoms with E-state index in [1.165, 1.54) is 0 Å². The number of nitrogens with one attached hydrogen (secondary N) is 2. The van der Waals surface area contributed by atoms with E-state index in [1.807, 2.05) is 53.1 Å². The number of anilines is 1. The van der Waals surface area contributed by atoms with Crippen molar-refractivity contribution < 1.29 is 9.47 Å². The van der Waals surface area contributed by atoms with Crippen LogP contribution in [0, 0.1) is 0 Å². The maximum absolute atomic E-state index is 5.74. The van der Waals surface area contributed by atoms with Gasteiger partial charge >= 0.3 is 0 Å². The highest BCUT2D eigenvalue weighted by Crippen LogP contribution is 2.17. The average Bonchev–Trinajstić information content (AvgIpc) is 3.17. The molecule has 8 nitrogen and oxygen atoms in total. The van der Waals surface area contributed by atoms with Crippen LogP contribution >= 0.6 is 0 Å². The fraction of sp³-hybridized carbons (Fsp3) is 0.381. The molecule has 0 radical (unpaired) electrons. The normalized spacial score (nSPS) is 11.6. The first-order valence-corrected chi connectivity index (χ1v) is 9.78. The third-order valence-corrected chi connectivity index (χ3v) is 4.34. The van der Waals surface area contributed by atoms with Crippen LogP contribution in [0.15, 0.2) is 53.7 Å². The maximum atomic E-state index is 5.74. The second-order valence-electron chi connectivity index (χ2n) is 6.50. The zero-order chi connectivity index (χ0) is 20.3. The second-order valence-corrected chi connectivity index (χ2v) is 6.50. The zero-order valence-electron chi connectivity index (χ0n) is 17.0. The third-order valence-electron chi connectivity index (χ3n) is 4.34. The Morgan fingerprint density at radius 1 is 1.10 bits per heavy atom. The number of rotatable bonds is 10. The van der Waals surface area contributed by atoms with Gasteiger partial charge in [0.15, 0.2) is 11.6 Å². The number of pyridine rings is 1. The summed E-state index contributed by atoms with van der Waals surface area (Å²) in [6, 6.07) is 13.7. The molecule has 1 aromatic carbocycles. The van der Waals surface area contributed by atoms with Crippen LogP contribution in [-0.2, 0) is 11.2 Å². The van der Waals surface area contributed by atoms with Crippen molar-refractivity contribution >= 4 is 17.3 Å². The number of ether oxygens (including phenoxy) is 2. The van der Waals surface area contributed by atoms with Crippen LogP contribution in [0.2, 0.25) is 0 Å². The number of aryl methyl sites for hydroxylation is 1. The van der Waals surface area contributed by atoms with Gasteiger partial charge in [-0.05, 0) is 30.7 Å². The number of guanidine groups is 1. The van der Waals surface area contributed by atoms with E-state index in [9.17, 15) is 0 Å². The van der Waals surface area contributed by atoms with E-state index in [-0.39, 0.29) is 0 Å². The Kier molecular flexibility index (Phi) is 7.82. The molecule has 2 aromatic heterocycles. The van der Waals surface area contributed by atoms with E-state index >= 15 is 0 Å². The van der Waals surface area contributed by atoms with E-state index in [2.05, 4.69) is 25.8 Å². The van der Waals surface area contributed by atoms with Gasteiger partial charge in [0.05, 0.1) is 6.61 Å². The number of benzene rings is 1. The first-order chi connectivity index (χ1) is 14.3. The van der Waals surface area contributed by atoms with Crippen LogP contribution in [0.4, 0.5) is 5.69 Å². The highest BCUT2D eigenvalue weighted by atomic mass is 16.5. The monoisotopic (exact) mass is 396 g/mol. The van der Waals surface area contributed by atoms with Gasteiger partial charge in [-0.2, -0.15) is 0 Å². The SMILES string of the molecule is CN=C(NCCCc1nnc2ccccn12)Nc1cccc(OCCCOC)c1. The molecular weight excluding hydrogens is 368 g/mol. The van der Waals surface area contributed by atoms with Crippen molar-refractivity contribution in [3.05, 3.63) is 54.5 Å². The van der Waals surface area contributed by atoms with E-state index in [0.717, 1.165) is 48.7 Å². The minimum Gasteiger partial charge on any atom is -0.493 e. The van der Waals surface area contributed by atoms with Crippen molar-refractivity contribution in [3.8, 4) is 5.75 Å². The molecular formula is C21H28N6O2. The van der Waals surface area contributed by atoms with Gasteiger partial charge in [-0.3, -0.25) is 9.39 Å². The van der Waals surface area contributed by atoms with Gasteiger partial charge in [-0.15, -0.1) is 10.2 Å². The van der Waals surface area contributed by atoms with Gasteiger partial charge in [0, 0.05) is 58.1 Å². The fourth-order valence-corrected chi connectivity index (χ4v) is 2.89. The topological polar surface area (TPSA) is 85.1 Å². The molecule has 29 heavy (non-hydrogen) atoms. The molecule has 0 aliphatic heterocycles. The van der Waals surface area contributed by atoms with Crippen LogP contribution in [0.5, 0.6) is 5.75 Å². The van der Waals surface area contributed by atoms with E-state index in [4.69, 9.17) is 9.47 Å². The van der Waals surface area contributed by atoms with Gasteiger partial charge < -0.3 is 20.1 Å². The Morgan fingerprint density at radius 3 is 2.90 bits per heavy atom. The molecule has 0 saturated carbocycles. The van der Waals surface area contributed by atoms with Gasteiger partial charge in [0.25, 0.3) is 0 Å². The summed E-state index contributed by atoms with van der Waals surface area (Å²) in [4.78, 5) is 4.29. The molecule has 3 rings (SSSR count). The van der Waals surface area contributed by atoms with Crippen molar-refractivity contribution in [3.63, 3.8) is 0 Å². The fourth-order valence-electron chi connectivity index (χ4n) is 2.89. The molecule has 0 unspecified atom stereocenters. The predicted octanol–water partition coefficient (Wildman–Crippen LogP) is 2.76. The molecule has 2 heterocycles. The molecule has 0 atom stereocenters. The van der Waals surface area contributed by atoms with Crippen LogP contribution in [0.1, 0.15) is 18.7 Å². The Balaban J connectivity index is 1.44. The molecule has 0 amide bonds. The summed E-state index contributed by atoms with van der Waals surface area (Å²) in [6.07, 6.45) is 4.60. The largest absolute Gasteiger partial charge is 0.493 e. The van der Waals surface area contributed by atoms with Crippen LogP contribution in [0.3, 0.4) is 0 Å². The molecule has 0 spiro atoms.